The van der Waals surface area contributed by atoms with E-state index in [9.17, 15) is 18.9 Å². The van der Waals surface area contributed by atoms with Crippen molar-refractivity contribution in [2.75, 3.05) is 20.2 Å². The highest BCUT2D eigenvalue weighted by molar-refractivity contribution is 9.11. The van der Waals surface area contributed by atoms with Crippen molar-refractivity contribution in [3.05, 3.63) is 40.3 Å². The number of nitrogens with zero attached hydrogens (tertiary/aromatic N) is 2. The molecule has 3 amide bonds. The van der Waals surface area contributed by atoms with E-state index in [1.807, 2.05) is 22.5 Å². The molecule has 0 spiro atoms. The molecule has 4 heterocycles. The summed E-state index contributed by atoms with van der Waals surface area (Å²) < 4.78 is 23.4. The number of methoxy groups -OCH3 is 1. The second kappa shape index (κ2) is 8.99. The summed E-state index contributed by atoms with van der Waals surface area (Å²) >= 11 is 4.84. The Kier molecular flexibility index (Phi) is 6.17. The van der Waals surface area contributed by atoms with Gasteiger partial charge in [-0.05, 0) is 65.0 Å². The number of piperidine rings is 1. The molecule has 2 aliphatic rings. The molecule has 0 aliphatic carbocycles. The number of hydrogen-bond acceptors (Lipinski definition) is 6. The number of ether oxygens (including phenoxy) is 1. The van der Waals surface area contributed by atoms with Gasteiger partial charge in [-0.3, -0.25) is 10.1 Å². The number of nitrogens with one attached hydrogen (secondary N) is 2. The number of carbonyl (C=O) groups excluding carboxylic acids is 2. The van der Waals surface area contributed by atoms with Crippen molar-refractivity contribution in [2.24, 2.45) is 5.92 Å². The molecule has 5 rings (SSSR count). The SMILES string of the molecule is COc1ccc2c(O)n(CC3(C4CCN(S(=O)c5ccc(Br)s5)CC4)NC(=O)NC3=O)cc2c1. The summed E-state index contributed by atoms with van der Waals surface area (Å²) in [5, 5.41) is 17.5. The number of halogens is 1. The van der Waals surface area contributed by atoms with Crippen LogP contribution < -0.4 is 15.4 Å². The van der Waals surface area contributed by atoms with E-state index in [-0.39, 0.29) is 18.3 Å². The van der Waals surface area contributed by atoms with Crippen molar-refractivity contribution in [3.8, 4) is 11.6 Å². The van der Waals surface area contributed by atoms with Gasteiger partial charge in [0, 0.05) is 30.1 Å². The van der Waals surface area contributed by atoms with Crippen LogP contribution in [0, 0.1) is 5.92 Å². The van der Waals surface area contributed by atoms with Crippen LogP contribution in [0.2, 0.25) is 0 Å². The number of aromatic hydroxyl groups is 1. The maximum absolute atomic E-state index is 13.1. The number of fused-ring (bicyclic) bond motifs is 1. The molecule has 3 N–H and O–H groups in total. The highest BCUT2D eigenvalue weighted by atomic mass is 79.9. The summed E-state index contributed by atoms with van der Waals surface area (Å²) in [5.74, 6) is 0.0768. The third kappa shape index (κ3) is 4.02. The van der Waals surface area contributed by atoms with Crippen LogP contribution in [0.5, 0.6) is 11.6 Å². The number of urea groups is 1. The lowest BCUT2D eigenvalue weighted by atomic mass is 9.77. The Bertz CT molecular complexity index is 1300. The molecule has 180 valence electrons. The second-order valence-corrected chi connectivity index (χ2v) is 12.6. The molecule has 34 heavy (non-hydrogen) atoms. The summed E-state index contributed by atoms with van der Waals surface area (Å²) in [5.41, 5.74) is -1.22. The van der Waals surface area contributed by atoms with Gasteiger partial charge in [-0.15, -0.1) is 11.3 Å². The molecule has 0 bridgehead atoms. The first-order valence-corrected chi connectivity index (χ1v) is 13.4. The molecule has 0 saturated carbocycles. The van der Waals surface area contributed by atoms with Crippen molar-refractivity contribution in [1.82, 2.24) is 19.5 Å². The molecular weight excluding hydrogens is 544 g/mol. The van der Waals surface area contributed by atoms with Gasteiger partial charge in [-0.25, -0.2) is 13.3 Å². The summed E-state index contributed by atoms with van der Waals surface area (Å²) in [6, 6.07) is 8.50. The minimum absolute atomic E-state index is 0.0211. The van der Waals surface area contributed by atoms with E-state index in [4.69, 9.17) is 4.74 Å². The average Bonchev–Trinajstić information content (AvgIpc) is 3.49. The maximum Gasteiger partial charge on any atom is 0.322 e. The van der Waals surface area contributed by atoms with Gasteiger partial charge in [-0.1, -0.05) is 0 Å². The van der Waals surface area contributed by atoms with E-state index in [0.717, 1.165) is 13.4 Å². The zero-order chi connectivity index (χ0) is 24.0. The molecule has 2 aromatic heterocycles. The van der Waals surface area contributed by atoms with Crippen LogP contribution in [0.1, 0.15) is 12.8 Å². The Morgan fingerprint density at radius 1 is 1.26 bits per heavy atom. The average molecular weight is 567 g/mol. The number of amides is 3. The molecule has 12 heteroatoms. The molecular formula is C22H23BrN4O5S2. The van der Waals surface area contributed by atoms with E-state index >= 15 is 0 Å². The van der Waals surface area contributed by atoms with Crippen molar-refractivity contribution in [3.63, 3.8) is 0 Å². The molecule has 3 aromatic rings. The van der Waals surface area contributed by atoms with Gasteiger partial charge in [-0.2, -0.15) is 0 Å². The van der Waals surface area contributed by atoms with Crippen LogP contribution in [0.3, 0.4) is 0 Å². The van der Waals surface area contributed by atoms with Crippen molar-refractivity contribution < 1.29 is 23.6 Å². The van der Waals surface area contributed by atoms with E-state index in [0.29, 0.717) is 37.1 Å². The standard InChI is InChI=1S/C22H23BrN4O5S2/c1-32-15-2-3-16-13(10-15)11-26(19(16)28)12-22(20(29)24-21(30)25-22)14-6-8-27(9-7-14)34(31)18-5-4-17(23)33-18/h2-5,10-11,14,28H,6-9,12H2,1H3,(H2,24,25,29,30). The van der Waals surface area contributed by atoms with E-state index < -0.39 is 28.5 Å². The number of imide groups is 1. The maximum atomic E-state index is 13.1. The monoisotopic (exact) mass is 566 g/mol. The molecule has 2 fully saturated rings. The minimum atomic E-state index is -1.27. The Morgan fingerprint density at radius 3 is 2.65 bits per heavy atom. The van der Waals surface area contributed by atoms with Gasteiger partial charge in [0.1, 0.15) is 26.5 Å². The lowest BCUT2D eigenvalue weighted by Gasteiger charge is -2.40. The predicted molar refractivity (Wildman–Crippen MR) is 132 cm³/mol. The Balaban J connectivity index is 1.40. The zero-order valence-electron chi connectivity index (χ0n) is 18.2. The molecule has 1 aromatic carbocycles. The van der Waals surface area contributed by atoms with Gasteiger partial charge in [0.2, 0.25) is 0 Å². The van der Waals surface area contributed by atoms with Crippen molar-refractivity contribution in [2.45, 2.75) is 29.1 Å². The summed E-state index contributed by atoms with van der Waals surface area (Å²) in [7, 11) is 0.298. The summed E-state index contributed by atoms with van der Waals surface area (Å²) in [6.45, 7) is 1.13. The topological polar surface area (TPSA) is 113 Å². The fourth-order valence-corrected chi connectivity index (χ4v) is 8.11. The molecule has 2 atom stereocenters. The molecule has 0 radical (unpaired) electrons. The molecule has 2 unspecified atom stereocenters. The fourth-order valence-electron chi connectivity index (χ4n) is 4.82. The van der Waals surface area contributed by atoms with Crippen molar-refractivity contribution >= 4 is 61.0 Å². The van der Waals surface area contributed by atoms with Crippen LogP contribution in [-0.4, -0.2) is 55.9 Å². The Hall–Kier alpha value is -2.41. The van der Waals surface area contributed by atoms with Crippen molar-refractivity contribution in [1.29, 1.82) is 0 Å². The first-order chi connectivity index (χ1) is 16.3. The lowest BCUT2D eigenvalue weighted by molar-refractivity contribution is -0.127. The minimum Gasteiger partial charge on any atom is -0.497 e. The number of hydrogen-bond donors (Lipinski definition) is 3. The molecule has 9 nitrogen and oxygen atoms in total. The highest BCUT2D eigenvalue weighted by Gasteiger charge is 2.53. The van der Waals surface area contributed by atoms with Gasteiger partial charge in [0.15, 0.2) is 5.88 Å². The van der Waals surface area contributed by atoms with E-state index in [1.54, 1.807) is 30.0 Å². The number of carbonyl (C=O) groups is 2. The largest absolute Gasteiger partial charge is 0.497 e. The zero-order valence-corrected chi connectivity index (χ0v) is 21.5. The Labute approximate surface area is 210 Å². The number of thiophene rings is 1. The first-order valence-electron chi connectivity index (χ1n) is 10.7. The Morgan fingerprint density at radius 2 is 2.03 bits per heavy atom. The number of rotatable bonds is 6. The van der Waals surface area contributed by atoms with Gasteiger partial charge in [0.25, 0.3) is 5.91 Å². The van der Waals surface area contributed by atoms with Crippen LogP contribution >= 0.6 is 27.3 Å². The smallest absolute Gasteiger partial charge is 0.322 e. The highest BCUT2D eigenvalue weighted by Crippen LogP contribution is 2.37. The van der Waals surface area contributed by atoms with Gasteiger partial charge in [0.05, 0.1) is 17.4 Å². The van der Waals surface area contributed by atoms with Crippen LogP contribution in [0.25, 0.3) is 10.8 Å². The van der Waals surface area contributed by atoms with Crippen LogP contribution in [-0.2, 0) is 22.3 Å². The van der Waals surface area contributed by atoms with Crippen LogP contribution in [0.15, 0.2) is 44.5 Å². The lowest BCUT2D eigenvalue weighted by Crippen LogP contribution is -2.58. The fraction of sp³-hybridized carbons (Fsp3) is 0.364. The van der Waals surface area contributed by atoms with Gasteiger partial charge < -0.3 is 19.7 Å². The summed E-state index contributed by atoms with van der Waals surface area (Å²) in [6.07, 6.45) is 2.90. The normalized spacial score (nSPS) is 22.6. The number of aromatic nitrogens is 1. The van der Waals surface area contributed by atoms with Crippen LogP contribution in [0.4, 0.5) is 4.79 Å². The number of benzene rings is 1. The third-order valence-corrected chi connectivity index (χ3v) is 9.97. The first kappa shape index (κ1) is 23.3. The molecule has 2 saturated heterocycles. The molecule has 2 aliphatic heterocycles. The van der Waals surface area contributed by atoms with E-state index in [1.165, 1.54) is 11.3 Å². The van der Waals surface area contributed by atoms with Gasteiger partial charge >= 0.3 is 6.03 Å². The second-order valence-electron chi connectivity index (χ2n) is 8.42. The summed E-state index contributed by atoms with van der Waals surface area (Å²) in [4.78, 5) is 25.3. The third-order valence-electron chi connectivity index (χ3n) is 6.56. The predicted octanol–water partition coefficient (Wildman–Crippen LogP) is 3.19. The quantitative estimate of drug-likeness (QED) is 0.396. The van der Waals surface area contributed by atoms with E-state index in [2.05, 4.69) is 26.6 Å².